The first kappa shape index (κ1) is 16.4. The van der Waals surface area contributed by atoms with E-state index < -0.39 is 23.3 Å². The van der Waals surface area contributed by atoms with Crippen LogP contribution in [0, 0.1) is 0 Å². The molecule has 0 radical (unpaired) electrons. The lowest BCUT2D eigenvalue weighted by atomic mass is 10.2. The van der Waals surface area contributed by atoms with E-state index >= 15 is 0 Å². The van der Waals surface area contributed by atoms with Crippen LogP contribution in [0.25, 0.3) is 0 Å². The summed E-state index contributed by atoms with van der Waals surface area (Å²) in [4.78, 5) is 16.0. The van der Waals surface area contributed by atoms with E-state index in [-0.39, 0.29) is 0 Å². The highest BCUT2D eigenvalue weighted by Crippen LogP contribution is 2.31. The number of rotatable bonds is 2. The van der Waals surface area contributed by atoms with Crippen LogP contribution >= 0.6 is 0 Å². The summed E-state index contributed by atoms with van der Waals surface area (Å²) in [6.07, 6.45) is -3.51. The lowest BCUT2D eigenvalue weighted by molar-refractivity contribution is -0.141. The fraction of sp³-hybridized carbons (Fsp3) is 0.375. The molecule has 2 aromatic rings. The minimum atomic E-state index is -4.64. The first-order valence-corrected chi connectivity index (χ1v) is 7.56. The van der Waals surface area contributed by atoms with Crippen LogP contribution in [-0.4, -0.2) is 46.8 Å². The number of nitrogens with zero attached hydrogens (tertiary/aromatic N) is 4. The summed E-state index contributed by atoms with van der Waals surface area (Å²) >= 11 is 0. The zero-order valence-corrected chi connectivity index (χ0v) is 13.1. The molecule has 1 aliphatic rings. The van der Waals surface area contributed by atoms with Crippen LogP contribution in [-0.2, 0) is 13.2 Å². The van der Waals surface area contributed by atoms with E-state index in [2.05, 4.69) is 10.00 Å². The number of halogens is 3. The molecule has 5 nitrogen and oxygen atoms in total. The Morgan fingerprint density at radius 1 is 1.08 bits per heavy atom. The van der Waals surface area contributed by atoms with Gasteiger partial charge in [0, 0.05) is 45.1 Å². The van der Waals surface area contributed by atoms with Gasteiger partial charge in [0.2, 0.25) is 0 Å². The zero-order valence-electron chi connectivity index (χ0n) is 13.1. The lowest BCUT2D eigenvalue weighted by Gasteiger charge is -2.36. The van der Waals surface area contributed by atoms with Gasteiger partial charge in [-0.3, -0.25) is 9.48 Å². The number of aryl methyl sites for hydroxylation is 1. The predicted octanol–water partition coefficient (Wildman–Crippen LogP) is 2.40. The molecule has 0 spiro atoms. The van der Waals surface area contributed by atoms with Gasteiger partial charge in [0.05, 0.1) is 5.56 Å². The number of amides is 1. The molecule has 1 amide bonds. The smallest absolute Gasteiger partial charge is 0.368 e. The molecule has 1 aromatic carbocycles. The van der Waals surface area contributed by atoms with Crippen molar-refractivity contribution in [2.75, 3.05) is 31.1 Å². The second kappa shape index (κ2) is 6.18. The number of anilines is 1. The van der Waals surface area contributed by atoms with Crippen LogP contribution in [0.1, 0.15) is 16.1 Å². The fourth-order valence-electron chi connectivity index (χ4n) is 2.83. The average molecular weight is 338 g/mol. The molecule has 24 heavy (non-hydrogen) atoms. The molecule has 0 atom stereocenters. The van der Waals surface area contributed by atoms with Crippen molar-refractivity contribution >= 4 is 11.6 Å². The van der Waals surface area contributed by atoms with Crippen LogP contribution in [0.2, 0.25) is 0 Å². The Kier molecular flexibility index (Phi) is 4.21. The normalized spacial score (nSPS) is 15.7. The van der Waals surface area contributed by atoms with Crippen molar-refractivity contribution in [2.45, 2.75) is 6.18 Å². The van der Waals surface area contributed by atoms with E-state index in [1.807, 2.05) is 30.3 Å². The van der Waals surface area contributed by atoms with E-state index in [4.69, 9.17) is 0 Å². The molecule has 0 N–H and O–H groups in total. The highest BCUT2D eigenvalue weighted by molar-refractivity contribution is 5.95. The van der Waals surface area contributed by atoms with Crippen LogP contribution in [0.4, 0.5) is 18.9 Å². The predicted molar refractivity (Wildman–Crippen MR) is 82.8 cm³/mol. The molecule has 1 aromatic heterocycles. The number of para-hydroxylation sites is 1. The van der Waals surface area contributed by atoms with Crippen molar-refractivity contribution in [1.82, 2.24) is 14.7 Å². The Morgan fingerprint density at radius 3 is 2.29 bits per heavy atom. The lowest BCUT2D eigenvalue weighted by Crippen LogP contribution is -2.49. The summed E-state index contributed by atoms with van der Waals surface area (Å²) in [7, 11) is 1.37. The summed E-state index contributed by atoms with van der Waals surface area (Å²) in [5.74, 6) is -0.622. The van der Waals surface area contributed by atoms with Crippen LogP contribution in [0.5, 0.6) is 0 Å². The molecule has 1 aliphatic heterocycles. The van der Waals surface area contributed by atoms with Crippen molar-refractivity contribution in [1.29, 1.82) is 0 Å². The number of alkyl halides is 3. The van der Waals surface area contributed by atoms with Gasteiger partial charge < -0.3 is 9.80 Å². The average Bonchev–Trinajstić information content (AvgIpc) is 2.97. The van der Waals surface area contributed by atoms with Gasteiger partial charge in [0.1, 0.15) is 0 Å². The molecular formula is C16H17F3N4O. The second-order valence-corrected chi connectivity index (χ2v) is 5.68. The van der Waals surface area contributed by atoms with Gasteiger partial charge in [-0.05, 0) is 12.1 Å². The molecule has 0 aliphatic carbocycles. The molecule has 128 valence electrons. The van der Waals surface area contributed by atoms with Crippen LogP contribution < -0.4 is 4.90 Å². The van der Waals surface area contributed by atoms with E-state index in [1.165, 1.54) is 11.9 Å². The first-order chi connectivity index (χ1) is 11.4. The first-order valence-electron chi connectivity index (χ1n) is 7.56. The Morgan fingerprint density at radius 2 is 1.71 bits per heavy atom. The van der Waals surface area contributed by atoms with Gasteiger partial charge in [0.25, 0.3) is 5.91 Å². The minimum absolute atomic E-state index is 0.375. The SMILES string of the molecule is Cn1cc(C(=O)N2CCN(c3ccccc3)CC2)c(C(F)(F)F)n1. The third-order valence-corrected chi connectivity index (χ3v) is 4.02. The largest absolute Gasteiger partial charge is 0.435 e. The van der Waals surface area contributed by atoms with E-state index in [0.29, 0.717) is 26.2 Å². The number of hydrogen-bond donors (Lipinski definition) is 0. The Balaban J connectivity index is 1.72. The van der Waals surface area contributed by atoms with E-state index in [9.17, 15) is 18.0 Å². The number of benzene rings is 1. The summed E-state index contributed by atoms with van der Waals surface area (Å²) in [6, 6.07) is 9.72. The molecule has 8 heteroatoms. The second-order valence-electron chi connectivity index (χ2n) is 5.68. The van der Waals surface area contributed by atoms with E-state index in [1.54, 1.807) is 0 Å². The molecule has 1 saturated heterocycles. The maximum Gasteiger partial charge on any atom is 0.435 e. The summed E-state index contributed by atoms with van der Waals surface area (Å²) in [5.41, 5.74) is -0.472. The van der Waals surface area contributed by atoms with Crippen molar-refractivity contribution in [3.63, 3.8) is 0 Å². The highest BCUT2D eigenvalue weighted by atomic mass is 19.4. The van der Waals surface area contributed by atoms with Crippen molar-refractivity contribution in [3.05, 3.63) is 47.8 Å². The monoisotopic (exact) mass is 338 g/mol. The van der Waals surface area contributed by atoms with Gasteiger partial charge in [0.15, 0.2) is 5.69 Å². The van der Waals surface area contributed by atoms with E-state index in [0.717, 1.165) is 16.6 Å². The minimum Gasteiger partial charge on any atom is -0.368 e. The van der Waals surface area contributed by atoms with Gasteiger partial charge in [-0.15, -0.1) is 0 Å². The maximum atomic E-state index is 13.0. The fourth-order valence-corrected chi connectivity index (χ4v) is 2.83. The standard InChI is InChI=1S/C16H17F3N4O/c1-21-11-13(14(20-21)16(17,18)19)15(24)23-9-7-22(8-10-23)12-5-3-2-4-6-12/h2-6,11H,7-10H2,1H3. The Labute approximate surface area is 137 Å². The number of carbonyl (C=O) groups is 1. The van der Waals surface area contributed by atoms with Gasteiger partial charge >= 0.3 is 6.18 Å². The number of carbonyl (C=O) groups excluding carboxylic acids is 1. The van der Waals surface area contributed by atoms with Crippen LogP contribution in [0.3, 0.4) is 0 Å². The molecular weight excluding hydrogens is 321 g/mol. The molecule has 3 rings (SSSR count). The summed E-state index contributed by atoms with van der Waals surface area (Å²) in [5, 5.41) is 3.39. The third-order valence-electron chi connectivity index (χ3n) is 4.02. The third kappa shape index (κ3) is 3.22. The molecule has 0 saturated carbocycles. The quantitative estimate of drug-likeness (QED) is 0.844. The Bertz CT molecular complexity index is 719. The molecule has 2 heterocycles. The van der Waals surface area contributed by atoms with Crippen molar-refractivity contribution in [2.24, 2.45) is 7.05 Å². The molecule has 1 fully saturated rings. The van der Waals surface area contributed by atoms with Gasteiger partial charge in [-0.2, -0.15) is 18.3 Å². The summed E-state index contributed by atoms with van der Waals surface area (Å²) < 4.78 is 40.1. The van der Waals surface area contributed by atoms with Gasteiger partial charge in [-0.25, -0.2) is 0 Å². The van der Waals surface area contributed by atoms with Crippen molar-refractivity contribution < 1.29 is 18.0 Å². The van der Waals surface area contributed by atoms with Gasteiger partial charge in [-0.1, -0.05) is 18.2 Å². The Hall–Kier alpha value is -2.51. The van der Waals surface area contributed by atoms with Crippen LogP contribution in [0.15, 0.2) is 36.5 Å². The van der Waals surface area contributed by atoms with Crippen molar-refractivity contribution in [3.8, 4) is 0 Å². The maximum absolute atomic E-state index is 13.0. The zero-order chi connectivity index (χ0) is 17.3. The molecule has 0 bridgehead atoms. The summed E-state index contributed by atoms with van der Waals surface area (Å²) in [6.45, 7) is 1.91. The number of hydrogen-bond acceptors (Lipinski definition) is 3. The topological polar surface area (TPSA) is 41.4 Å². The number of aromatic nitrogens is 2. The highest BCUT2D eigenvalue weighted by Gasteiger charge is 2.40. The molecule has 0 unspecified atom stereocenters. The number of piperazine rings is 1.